The lowest BCUT2D eigenvalue weighted by molar-refractivity contribution is 0.585. The van der Waals surface area contributed by atoms with Crippen LogP contribution in [0.1, 0.15) is 38.8 Å². The first-order valence-electron chi connectivity index (χ1n) is 5.26. The molecule has 0 bridgehead atoms. The van der Waals surface area contributed by atoms with Crippen LogP contribution in [0.15, 0.2) is 23.1 Å². The number of benzene rings is 1. The van der Waals surface area contributed by atoms with Crippen LogP contribution in [0.2, 0.25) is 0 Å². The summed E-state index contributed by atoms with van der Waals surface area (Å²) in [5.41, 5.74) is 6.42. The van der Waals surface area contributed by atoms with E-state index in [9.17, 15) is 4.39 Å². The van der Waals surface area contributed by atoms with Crippen molar-refractivity contribution in [1.29, 1.82) is 0 Å². The Labute approximate surface area is 95.2 Å². The number of thioether (sulfide) groups is 1. The van der Waals surface area contributed by atoms with Crippen LogP contribution in [0.4, 0.5) is 4.39 Å². The smallest absolute Gasteiger partial charge is 0.129 e. The molecule has 0 aliphatic rings. The third kappa shape index (κ3) is 3.21. The molecule has 2 N–H and O–H groups in total. The second-order valence-corrected chi connectivity index (χ2v) is 5.26. The first-order valence-corrected chi connectivity index (χ1v) is 6.14. The Bertz CT molecular complexity index is 325. The number of hydrogen-bond donors (Lipinski definition) is 1. The summed E-state index contributed by atoms with van der Waals surface area (Å²) < 4.78 is 13.6. The number of halogens is 1. The van der Waals surface area contributed by atoms with Gasteiger partial charge in [0.1, 0.15) is 5.82 Å². The van der Waals surface area contributed by atoms with Crippen molar-refractivity contribution < 1.29 is 4.39 Å². The third-order valence-electron chi connectivity index (χ3n) is 2.37. The van der Waals surface area contributed by atoms with E-state index in [1.54, 1.807) is 17.8 Å². The van der Waals surface area contributed by atoms with Gasteiger partial charge in [0.25, 0.3) is 0 Å². The van der Waals surface area contributed by atoms with Crippen LogP contribution in [-0.2, 0) is 0 Å². The zero-order valence-corrected chi connectivity index (χ0v) is 10.3. The summed E-state index contributed by atoms with van der Waals surface area (Å²) in [5.74, 6) is -0.196. The van der Waals surface area contributed by atoms with Gasteiger partial charge in [0, 0.05) is 21.8 Å². The van der Waals surface area contributed by atoms with Crippen LogP contribution >= 0.6 is 11.8 Å². The Hall–Kier alpha value is -0.540. The highest BCUT2D eigenvalue weighted by atomic mass is 32.2. The fourth-order valence-corrected chi connectivity index (χ4v) is 2.53. The maximum atomic E-state index is 13.6. The van der Waals surface area contributed by atoms with Gasteiger partial charge in [-0.1, -0.05) is 19.9 Å². The quantitative estimate of drug-likeness (QED) is 0.793. The van der Waals surface area contributed by atoms with E-state index in [2.05, 4.69) is 13.8 Å². The predicted octanol–water partition coefficient (Wildman–Crippen LogP) is 3.74. The molecule has 0 saturated carbocycles. The minimum atomic E-state index is -0.252. The fraction of sp³-hybridized carbons (Fsp3) is 0.500. The predicted molar refractivity (Wildman–Crippen MR) is 64.6 cm³/mol. The largest absolute Gasteiger partial charge is 0.324 e. The summed E-state index contributed by atoms with van der Waals surface area (Å²) in [4.78, 5) is 0.972. The Morgan fingerprint density at radius 3 is 2.60 bits per heavy atom. The SMILES string of the molecule is CCC(C)Sc1cccc(F)c1[C@H](C)N. The Kier molecular flexibility index (Phi) is 4.61. The van der Waals surface area contributed by atoms with Gasteiger partial charge in [-0.15, -0.1) is 11.8 Å². The topological polar surface area (TPSA) is 26.0 Å². The maximum absolute atomic E-state index is 13.6. The van der Waals surface area contributed by atoms with E-state index >= 15 is 0 Å². The molecule has 15 heavy (non-hydrogen) atoms. The third-order valence-corrected chi connectivity index (χ3v) is 3.72. The van der Waals surface area contributed by atoms with Gasteiger partial charge >= 0.3 is 0 Å². The molecule has 0 heterocycles. The highest BCUT2D eigenvalue weighted by Gasteiger charge is 2.14. The summed E-state index contributed by atoms with van der Waals surface area (Å²) in [5, 5.41) is 0.490. The van der Waals surface area contributed by atoms with Crippen LogP contribution in [0.25, 0.3) is 0 Å². The van der Waals surface area contributed by atoms with Crippen molar-refractivity contribution in [3.8, 4) is 0 Å². The monoisotopic (exact) mass is 227 g/mol. The second kappa shape index (κ2) is 5.52. The molecule has 3 heteroatoms. The average molecular weight is 227 g/mol. The molecule has 0 radical (unpaired) electrons. The number of nitrogens with two attached hydrogens (primary N) is 1. The first-order chi connectivity index (χ1) is 7.06. The summed E-state index contributed by atoms with van der Waals surface area (Å²) in [6.45, 7) is 6.09. The minimum absolute atomic E-state index is 0.196. The van der Waals surface area contributed by atoms with Crippen molar-refractivity contribution in [1.82, 2.24) is 0 Å². The van der Waals surface area contributed by atoms with E-state index in [0.29, 0.717) is 10.8 Å². The summed E-state index contributed by atoms with van der Waals surface area (Å²) in [7, 11) is 0. The Balaban J connectivity index is 3.00. The van der Waals surface area contributed by atoms with E-state index in [4.69, 9.17) is 5.73 Å². The maximum Gasteiger partial charge on any atom is 0.129 e. The number of rotatable bonds is 4. The van der Waals surface area contributed by atoms with Gasteiger partial charge < -0.3 is 5.73 Å². The zero-order chi connectivity index (χ0) is 11.4. The average Bonchev–Trinajstić information content (AvgIpc) is 2.17. The molecule has 1 nitrogen and oxygen atoms in total. The van der Waals surface area contributed by atoms with Crippen LogP contribution in [0, 0.1) is 5.82 Å². The Morgan fingerprint density at radius 2 is 2.07 bits per heavy atom. The number of hydrogen-bond acceptors (Lipinski definition) is 2. The van der Waals surface area contributed by atoms with Gasteiger partial charge in [0.2, 0.25) is 0 Å². The summed E-state index contributed by atoms with van der Waals surface area (Å²) in [6, 6.07) is 4.90. The van der Waals surface area contributed by atoms with Crippen molar-refractivity contribution in [3.05, 3.63) is 29.6 Å². The molecule has 0 spiro atoms. The van der Waals surface area contributed by atoms with Crippen molar-refractivity contribution in [3.63, 3.8) is 0 Å². The molecule has 1 aromatic rings. The molecule has 0 aliphatic heterocycles. The highest BCUT2D eigenvalue weighted by Crippen LogP contribution is 2.32. The van der Waals surface area contributed by atoms with Crippen LogP contribution in [0.3, 0.4) is 0 Å². The zero-order valence-electron chi connectivity index (χ0n) is 9.46. The van der Waals surface area contributed by atoms with Gasteiger partial charge in [-0.25, -0.2) is 4.39 Å². The molecule has 0 fully saturated rings. The van der Waals surface area contributed by atoms with Crippen molar-refractivity contribution in [2.75, 3.05) is 0 Å². The lowest BCUT2D eigenvalue weighted by atomic mass is 10.1. The molecule has 1 rings (SSSR count). The molecule has 0 amide bonds. The van der Waals surface area contributed by atoms with E-state index in [-0.39, 0.29) is 11.9 Å². The Morgan fingerprint density at radius 1 is 1.40 bits per heavy atom. The van der Waals surface area contributed by atoms with Gasteiger partial charge in [-0.2, -0.15) is 0 Å². The summed E-state index contributed by atoms with van der Waals surface area (Å²) in [6.07, 6.45) is 1.07. The normalized spacial score (nSPS) is 15.0. The molecular weight excluding hydrogens is 209 g/mol. The van der Waals surface area contributed by atoms with Crippen LogP contribution in [-0.4, -0.2) is 5.25 Å². The highest BCUT2D eigenvalue weighted by molar-refractivity contribution is 8.00. The molecule has 2 atom stereocenters. The van der Waals surface area contributed by atoms with Crippen LogP contribution in [0.5, 0.6) is 0 Å². The molecule has 84 valence electrons. The molecule has 0 aromatic heterocycles. The van der Waals surface area contributed by atoms with E-state index in [1.165, 1.54) is 6.07 Å². The van der Waals surface area contributed by atoms with Crippen LogP contribution < -0.4 is 5.73 Å². The summed E-state index contributed by atoms with van der Waals surface area (Å²) >= 11 is 1.69. The van der Waals surface area contributed by atoms with Gasteiger partial charge in [0.15, 0.2) is 0 Å². The van der Waals surface area contributed by atoms with Gasteiger partial charge in [-0.3, -0.25) is 0 Å². The minimum Gasteiger partial charge on any atom is -0.324 e. The molecule has 1 aromatic carbocycles. The lowest BCUT2D eigenvalue weighted by Crippen LogP contribution is -2.09. The fourth-order valence-electron chi connectivity index (χ4n) is 1.36. The standard InChI is InChI=1S/C12H18FNS/c1-4-8(2)15-11-7-5-6-10(13)12(11)9(3)14/h5-9H,4,14H2,1-3H3/t8?,9-/m0/s1. The molecule has 1 unspecified atom stereocenters. The van der Waals surface area contributed by atoms with Crippen molar-refractivity contribution in [2.45, 2.75) is 43.4 Å². The van der Waals surface area contributed by atoms with Crippen molar-refractivity contribution >= 4 is 11.8 Å². The molecule has 0 saturated heterocycles. The second-order valence-electron chi connectivity index (χ2n) is 3.78. The van der Waals surface area contributed by atoms with Crippen molar-refractivity contribution in [2.24, 2.45) is 5.73 Å². The van der Waals surface area contributed by atoms with E-state index in [1.807, 2.05) is 13.0 Å². The van der Waals surface area contributed by atoms with Gasteiger partial charge in [0.05, 0.1) is 0 Å². The molecule has 0 aliphatic carbocycles. The first kappa shape index (κ1) is 12.5. The van der Waals surface area contributed by atoms with E-state index in [0.717, 1.165) is 11.3 Å². The van der Waals surface area contributed by atoms with Gasteiger partial charge in [-0.05, 0) is 25.5 Å². The molecular formula is C12H18FNS. The lowest BCUT2D eigenvalue weighted by Gasteiger charge is -2.15. The van der Waals surface area contributed by atoms with E-state index < -0.39 is 0 Å².